The quantitative estimate of drug-likeness (QED) is 0.203. The normalized spacial score (nSPS) is 22.1. The van der Waals surface area contributed by atoms with Gasteiger partial charge in [0.1, 0.15) is 11.5 Å². The van der Waals surface area contributed by atoms with Gasteiger partial charge in [-0.15, -0.1) is 0 Å². The summed E-state index contributed by atoms with van der Waals surface area (Å²) in [7, 11) is -3.75. The molecule has 2 atom stereocenters. The number of aliphatic carboxylic acids is 1. The van der Waals surface area contributed by atoms with Crippen LogP contribution in [0.15, 0.2) is 24.3 Å². The number of amides is 1. The first-order valence-corrected chi connectivity index (χ1v) is 17.6. The predicted octanol–water partition coefficient (Wildman–Crippen LogP) is -0.0333. The molecule has 0 saturated carbocycles. The molecular weight excluding hydrogens is 622 g/mol. The first-order valence-electron chi connectivity index (χ1n) is 14.3. The van der Waals surface area contributed by atoms with Gasteiger partial charge in [0.25, 0.3) is 5.91 Å². The van der Waals surface area contributed by atoms with Gasteiger partial charge in [0.15, 0.2) is 15.6 Å². The van der Waals surface area contributed by atoms with E-state index in [1.165, 1.54) is 24.3 Å². The Bertz CT molecular complexity index is 1090. The molecule has 0 radical (unpaired) electrons. The molecule has 0 bridgehead atoms. The summed E-state index contributed by atoms with van der Waals surface area (Å²) >= 11 is -1.54. The van der Waals surface area contributed by atoms with Crippen LogP contribution in [0.4, 0.5) is 0 Å². The van der Waals surface area contributed by atoms with Gasteiger partial charge in [-0.25, -0.2) is 8.42 Å². The van der Waals surface area contributed by atoms with E-state index in [0.717, 1.165) is 0 Å². The third-order valence-corrected chi connectivity index (χ3v) is 9.21. The highest BCUT2D eigenvalue weighted by molar-refractivity contribution is 7.92. The largest absolute Gasteiger partial charge is 0.616 e. The molecule has 2 N–H and O–H groups in total. The molecule has 44 heavy (non-hydrogen) atoms. The van der Waals surface area contributed by atoms with Crippen molar-refractivity contribution in [2.75, 3.05) is 109 Å². The Balaban J connectivity index is 1.99. The van der Waals surface area contributed by atoms with E-state index in [-0.39, 0.29) is 87.6 Å². The van der Waals surface area contributed by atoms with E-state index in [1.54, 1.807) is 0 Å². The van der Waals surface area contributed by atoms with Crippen molar-refractivity contribution in [1.29, 1.82) is 0 Å². The van der Waals surface area contributed by atoms with Crippen LogP contribution in [0.1, 0.15) is 27.1 Å². The van der Waals surface area contributed by atoms with Gasteiger partial charge in [-0.1, -0.05) is 23.3 Å². The van der Waals surface area contributed by atoms with Gasteiger partial charge in [-0.05, 0) is 12.1 Å². The molecule has 1 aromatic rings. The molecule has 0 aromatic heterocycles. The molecule has 1 heterocycles. The fourth-order valence-electron chi connectivity index (χ4n) is 3.84. The van der Waals surface area contributed by atoms with Crippen LogP contribution in [-0.2, 0) is 54.2 Å². The second-order valence-corrected chi connectivity index (χ2v) is 13.5. The van der Waals surface area contributed by atoms with Crippen molar-refractivity contribution in [1.82, 2.24) is 5.32 Å². The van der Waals surface area contributed by atoms with Crippen LogP contribution >= 0.6 is 0 Å². The minimum absolute atomic E-state index is 0.0316. The number of hydrogen-bond donors (Lipinski definition) is 2. The third kappa shape index (κ3) is 17.4. The maximum atomic E-state index is 13.4. The zero-order valence-electron chi connectivity index (χ0n) is 24.8. The van der Waals surface area contributed by atoms with E-state index >= 15 is 0 Å². The molecule has 2 unspecified atom stereocenters. The van der Waals surface area contributed by atoms with Crippen LogP contribution < -0.4 is 5.32 Å². The number of carboxylic acid groups (broad SMARTS) is 1. The molecule has 1 aliphatic rings. The number of ether oxygens (including phenoxy) is 6. The van der Waals surface area contributed by atoms with Crippen molar-refractivity contribution >= 4 is 38.7 Å². The van der Waals surface area contributed by atoms with E-state index in [1.807, 2.05) is 0 Å². The van der Waals surface area contributed by atoms with E-state index in [9.17, 15) is 27.4 Å². The number of sulfone groups is 1. The van der Waals surface area contributed by atoms with Gasteiger partial charge >= 0.3 is 5.97 Å². The summed E-state index contributed by atoms with van der Waals surface area (Å²) in [6.45, 7) is 3.04. The average molecular weight is 666 g/mol. The number of ketones is 1. The number of carboxylic acids is 1. The van der Waals surface area contributed by atoms with Crippen LogP contribution in [0.3, 0.4) is 0 Å². The van der Waals surface area contributed by atoms with Crippen LogP contribution in [0, 0.1) is 5.92 Å². The minimum atomic E-state index is -3.75. The van der Waals surface area contributed by atoms with E-state index in [2.05, 4.69) is 5.32 Å². The van der Waals surface area contributed by atoms with Gasteiger partial charge in [0.05, 0.1) is 103 Å². The van der Waals surface area contributed by atoms with E-state index in [0.29, 0.717) is 33.0 Å². The number of Topliss-reactive ketones (excluding diaryl/α,β-unsaturated/α-hetero) is 1. The minimum Gasteiger partial charge on any atom is -0.616 e. The maximum Gasteiger partial charge on any atom is 0.305 e. The summed E-state index contributed by atoms with van der Waals surface area (Å²) in [6.07, 6.45) is -0.137. The third-order valence-electron chi connectivity index (χ3n) is 6.12. The van der Waals surface area contributed by atoms with Gasteiger partial charge < -0.3 is 43.4 Å². The highest BCUT2D eigenvalue weighted by Gasteiger charge is 2.31. The van der Waals surface area contributed by atoms with Gasteiger partial charge in [0, 0.05) is 17.7 Å². The number of carbonyl (C=O) groups is 3. The van der Waals surface area contributed by atoms with Crippen LogP contribution in [0.5, 0.6) is 0 Å². The average Bonchev–Trinajstić information content (AvgIpc) is 2.99. The fourth-order valence-corrected chi connectivity index (χ4v) is 6.60. The summed E-state index contributed by atoms with van der Waals surface area (Å²) in [4.78, 5) is 36.3. The maximum absolute atomic E-state index is 13.4. The SMILES string of the molecule is O=C(O)CCOCCNC(=O)c1ccc(C(=O)C2C[S+]([O-])CCOCCOCCOCCOCCOCCS(=O)(=O)C2)cc1. The summed E-state index contributed by atoms with van der Waals surface area (Å²) in [6, 6.07) is 5.73. The Labute approximate surface area is 261 Å². The first-order chi connectivity index (χ1) is 21.2. The fraction of sp³-hybridized carbons (Fsp3) is 0.679. The second kappa shape index (κ2) is 22.4. The molecule has 0 spiro atoms. The molecule has 1 aromatic carbocycles. The first kappa shape index (κ1) is 38.0. The lowest BCUT2D eigenvalue weighted by Gasteiger charge is -2.19. The van der Waals surface area contributed by atoms with Crippen molar-refractivity contribution in [2.45, 2.75) is 6.42 Å². The van der Waals surface area contributed by atoms with Crippen molar-refractivity contribution < 1.29 is 60.9 Å². The zero-order valence-corrected chi connectivity index (χ0v) is 26.4. The standard InChI is InChI=1S/C28H43NO13S2/c30-26(31)5-7-37-8-6-29-28(33)24-3-1-23(2-4-24)27(32)25-21-43(34)19-17-41-15-13-39-11-9-38-10-12-40-14-16-42-18-20-44(35,36)22-25/h1-4,25H,5-22H2,(H,29,33)(H,30,31). The molecule has 14 nitrogen and oxygen atoms in total. The topological polar surface area (TPSA) is 196 Å². The molecule has 1 aliphatic heterocycles. The Morgan fingerprint density at radius 2 is 1.36 bits per heavy atom. The predicted molar refractivity (Wildman–Crippen MR) is 160 cm³/mol. The Hall–Kier alpha value is -2.15. The zero-order chi connectivity index (χ0) is 32.0. The number of hydrogen-bond acceptors (Lipinski definition) is 12. The number of nitrogens with one attached hydrogen (secondary N) is 1. The summed E-state index contributed by atoms with van der Waals surface area (Å²) in [5.74, 6) is -3.85. The molecule has 16 heteroatoms. The highest BCUT2D eigenvalue weighted by Crippen LogP contribution is 2.17. The van der Waals surface area contributed by atoms with E-state index < -0.39 is 50.3 Å². The molecule has 250 valence electrons. The van der Waals surface area contributed by atoms with Crippen LogP contribution in [0.2, 0.25) is 0 Å². The molecule has 1 saturated heterocycles. The Morgan fingerprint density at radius 3 is 1.93 bits per heavy atom. The van der Waals surface area contributed by atoms with Crippen molar-refractivity contribution in [3.05, 3.63) is 35.4 Å². The van der Waals surface area contributed by atoms with Crippen molar-refractivity contribution in [3.8, 4) is 0 Å². The van der Waals surface area contributed by atoms with Gasteiger partial charge in [-0.2, -0.15) is 0 Å². The monoisotopic (exact) mass is 665 g/mol. The highest BCUT2D eigenvalue weighted by atomic mass is 32.2. The summed E-state index contributed by atoms with van der Waals surface area (Å²) < 4.78 is 70.8. The number of rotatable bonds is 9. The molecule has 0 aliphatic carbocycles. The van der Waals surface area contributed by atoms with Crippen molar-refractivity contribution in [2.24, 2.45) is 5.92 Å². The molecule has 1 fully saturated rings. The molecule has 2 rings (SSSR count). The van der Waals surface area contributed by atoms with Gasteiger partial charge in [0.2, 0.25) is 0 Å². The Morgan fingerprint density at radius 1 is 0.841 bits per heavy atom. The lowest BCUT2D eigenvalue weighted by atomic mass is 9.99. The number of carbonyl (C=O) groups excluding carboxylic acids is 2. The Kier molecular flexibility index (Phi) is 19.3. The smallest absolute Gasteiger partial charge is 0.305 e. The van der Waals surface area contributed by atoms with E-state index in [4.69, 9.17) is 33.5 Å². The van der Waals surface area contributed by atoms with Crippen LogP contribution in [0.25, 0.3) is 0 Å². The van der Waals surface area contributed by atoms with Crippen LogP contribution in [-0.4, -0.2) is 145 Å². The van der Waals surface area contributed by atoms with Crippen molar-refractivity contribution in [3.63, 3.8) is 0 Å². The number of benzene rings is 1. The molecular formula is C28H43NO13S2. The molecule has 1 amide bonds. The van der Waals surface area contributed by atoms with Gasteiger partial charge in [-0.3, -0.25) is 14.4 Å². The second-order valence-electron chi connectivity index (χ2n) is 9.64. The lowest BCUT2D eigenvalue weighted by Crippen LogP contribution is -2.34. The summed E-state index contributed by atoms with van der Waals surface area (Å²) in [5, 5.41) is 11.2. The lowest BCUT2D eigenvalue weighted by molar-refractivity contribution is -0.138. The summed E-state index contributed by atoms with van der Waals surface area (Å²) in [5.41, 5.74) is 0.448.